The van der Waals surface area contributed by atoms with Crippen molar-refractivity contribution < 1.29 is 38.2 Å². The zero-order valence-electron chi connectivity index (χ0n) is 38.8. The predicted molar refractivity (Wildman–Crippen MR) is 256 cm³/mol. The second-order valence-corrected chi connectivity index (χ2v) is 16.2. The molecule has 0 heterocycles. The maximum Gasteiger partial charge on any atom is 0.362 e. The van der Waals surface area contributed by atoms with Crippen LogP contribution in [0.4, 0.5) is 0 Å². The summed E-state index contributed by atoms with van der Waals surface area (Å²) in [6.45, 7) is 4.47. The van der Waals surface area contributed by atoms with E-state index in [1.165, 1.54) is 32.1 Å². The molecule has 0 saturated heterocycles. The molecule has 0 aliphatic rings. The highest BCUT2D eigenvalue weighted by Gasteiger charge is 2.31. The lowest BCUT2D eigenvalue weighted by atomic mass is 10.1. The third kappa shape index (κ3) is 40.9. The molecule has 61 heavy (non-hydrogen) atoms. The Hall–Kier alpha value is -4.27. The minimum Gasteiger partial charge on any atom is -0.477 e. The van der Waals surface area contributed by atoms with Gasteiger partial charge in [0.15, 0.2) is 12.1 Å². The molecule has 0 saturated carbocycles. The third-order valence-electron chi connectivity index (χ3n) is 9.60. The van der Waals surface area contributed by atoms with E-state index in [-0.39, 0.29) is 49.1 Å². The predicted octanol–water partition coefficient (Wildman–Crippen LogP) is 13.0. The molecule has 0 aromatic rings. The highest BCUT2D eigenvalue weighted by Crippen LogP contribution is 2.12. The van der Waals surface area contributed by atoms with E-state index >= 15 is 0 Å². The van der Waals surface area contributed by atoms with Crippen molar-refractivity contribution >= 4 is 17.9 Å². The van der Waals surface area contributed by atoms with Gasteiger partial charge in [-0.2, -0.15) is 0 Å². The third-order valence-corrected chi connectivity index (χ3v) is 9.60. The van der Waals surface area contributed by atoms with Crippen LogP contribution in [-0.4, -0.2) is 80.6 Å². The molecule has 0 bridgehead atoms. The highest BCUT2D eigenvalue weighted by molar-refractivity contribution is 5.72. The quantitative estimate of drug-likeness (QED) is 0.0285. The second-order valence-electron chi connectivity index (χ2n) is 16.2. The van der Waals surface area contributed by atoms with Crippen molar-refractivity contribution in [2.24, 2.45) is 0 Å². The van der Waals surface area contributed by atoms with Crippen LogP contribution in [0.15, 0.2) is 122 Å². The number of allylic oxidation sites excluding steroid dienone is 20. The summed E-state index contributed by atoms with van der Waals surface area (Å²) in [6, 6.07) is -0.635. The van der Waals surface area contributed by atoms with Crippen molar-refractivity contribution in [3.05, 3.63) is 122 Å². The Bertz CT molecular complexity index is 1400. The van der Waals surface area contributed by atoms with Gasteiger partial charge in [0.05, 0.1) is 34.4 Å². The van der Waals surface area contributed by atoms with E-state index in [0.717, 1.165) is 70.6 Å². The van der Waals surface area contributed by atoms with Gasteiger partial charge in [-0.05, 0) is 57.8 Å². The lowest BCUT2D eigenvalue weighted by Crippen LogP contribution is -2.50. The van der Waals surface area contributed by atoms with Crippen LogP contribution in [0.1, 0.15) is 142 Å². The Labute approximate surface area is 371 Å². The number of likely N-dealkylation sites (N-methyl/N-ethyl adjacent to an activating group) is 1. The van der Waals surface area contributed by atoms with Crippen LogP contribution in [0.25, 0.3) is 0 Å². The number of nitrogens with zero attached hydrogens (tertiary/aromatic N) is 1. The first-order valence-electron chi connectivity index (χ1n) is 23.2. The standard InChI is InChI=1S/C53H83NO7/c1-6-8-10-12-14-16-18-20-22-24-26-28-29-31-33-35-37-39-41-43-51(55)60-48-49(47-59-46-45-50(53(57)58)54(3,4)5)61-52(56)44-42-40-38-36-34-32-30-27-25-23-21-19-17-15-13-11-9-7-2/h8,10,12,14,16,18-31,33,49-50H,6-7,9,11,13,15,17,32,34-48H2,1-5H3/p+1/b10-8+,14-12+,18-16+,21-19+,22-20+,25-23+,26-24+,29-28+,30-27+,33-31+. The van der Waals surface area contributed by atoms with Crippen molar-refractivity contribution in [3.8, 4) is 0 Å². The fourth-order valence-corrected chi connectivity index (χ4v) is 6.02. The molecule has 0 fully saturated rings. The first-order valence-corrected chi connectivity index (χ1v) is 23.2. The number of ether oxygens (including phenoxy) is 3. The fraction of sp³-hybridized carbons (Fsp3) is 0.566. The lowest BCUT2D eigenvalue weighted by molar-refractivity contribution is -0.887. The van der Waals surface area contributed by atoms with E-state index in [9.17, 15) is 19.5 Å². The van der Waals surface area contributed by atoms with Gasteiger partial charge in [-0.1, -0.05) is 187 Å². The topological polar surface area (TPSA) is 99.1 Å². The number of carbonyl (C=O) groups is 3. The SMILES string of the molecule is CC/C=C/C=C/C=C/C=C/C=C/C=C/C=C/CCCCCC(=O)OCC(COCCC(C(=O)O)[N+](C)(C)C)OC(=O)CCCCCCC/C=C/C=C/C=C/CCCCCCC. The van der Waals surface area contributed by atoms with Gasteiger partial charge in [-0.3, -0.25) is 9.59 Å². The lowest BCUT2D eigenvalue weighted by Gasteiger charge is -2.31. The summed E-state index contributed by atoms with van der Waals surface area (Å²) < 4.78 is 17.2. The number of quaternary nitrogens is 1. The van der Waals surface area contributed by atoms with Crippen LogP contribution in [0.2, 0.25) is 0 Å². The van der Waals surface area contributed by atoms with Gasteiger partial charge < -0.3 is 23.8 Å². The van der Waals surface area contributed by atoms with Gasteiger partial charge in [0.1, 0.15) is 6.61 Å². The number of carboxylic acids is 1. The molecule has 0 rings (SSSR count). The Morgan fingerprint density at radius 2 is 0.918 bits per heavy atom. The Balaban J connectivity index is 4.51. The molecule has 342 valence electrons. The van der Waals surface area contributed by atoms with E-state index in [4.69, 9.17) is 14.2 Å². The number of esters is 2. The molecule has 0 aromatic heterocycles. The number of hydrogen-bond donors (Lipinski definition) is 1. The average molecular weight is 847 g/mol. The monoisotopic (exact) mass is 847 g/mol. The number of aliphatic carboxylic acids is 1. The van der Waals surface area contributed by atoms with Gasteiger partial charge >= 0.3 is 17.9 Å². The Kier molecular flexibility index (Phi) is 39.5. The first-order chi connectivity index (χ1) is 29.6. The number of rotatable bonds is 39. The summed E-state index contributed by atoms with van der Waals surface area (Å²) in [6.07, 6.45) is 59.5. The van der Waals surface area contributed by atoms with Gasteiger partial charge in [0.25, 0.3) is 0 Å². The summed E-state index contributed by atoms with van der Waals surface area (Å²) in [5.41, 5.74) is 0. The van der Waals surface area contributed by atoms with Crippen molar-refractivity contribution in [1.82, 2.24) is 0 Å². The minimum absolute atomic E-state index is 0.0283. The molecule has 0 radical (unpaired) electrons. The van der Waals surface area contributed by atoms with Crippen LogP contribution in [0.3, 0.4) is 0 Å². The van der Waals surface area contributed by atoms with Gasteiger partial charge in [-0.15, -0.1) is 0 Å². The largest absolute Gasteiger partial charge is 0.477 e. The Morgan fingerprint density at radius 1 is 0.508 bits per heavy atom. The maximum absolute atomic E-state index is 12.8. The number of hydrogen-bond acceptors (Lipinski definition) is 6. The average Bonchev–Trinajstić information content (AvgIpc) is 3.22. The molecule has 0 aromatic carbocycles. The number of carbonyl (C=O) groups excluding carboxylic acids is 2. The smallest absolute Gasteiger partial charge is 0.362 e. The number of unbranched alkanes of at least 4 members (excludes halogenated alkanes) is 13. The van der Waals surface area contributed by atoms with Gasteiger partial charge in [0, 0.05) is 19.3 Å². The van der Waals surface area contributed by atoms with E-state index < -0.39 is 18.1 Å². The summed E-state index contributed by atoms with van der Waals surface area (Å²) in [5, 5.41) is 9.63. The molecule has 0 aliphatic carbocycles. The van der Waals surface area contributed by atoms with Crippen molar-refractivity contribution in [2.45, 2.75) is 154 Å². The van der Waals surface area contributed by atoms with Crippen LogP contribution >= 0.6 is 0 Å². The molecule has 8 heteroatoms. The summed E-state index contributed by atoms with van der Waals surface area (Å²) >= 11 is 0. The molecule has 0 amide bonds. The summed E-state index contributed by atoms with van der Waals surface area (Å²) in [5.74, 6) is -1.57. The summed E-state index contributed by atoms with van der Waals surface area (Å²) in [4.78, 5) is 37.1. The first kappa shape index (κ1) is 56.7. The zero-order chi connectivity index (χ0) is 44.9. The van der Waals surface area contributed by atoms with Crippen LogP contribution in [0.5, 0.6) is 0 Å². The van der Waals surface area contributed by atoms with Crippen LogP contribution in [-0.2, 0) is 28.6 Å². The van der Waals surface area contributed by atoms with E-state index in [2.05, 4.69) is 62.5 Å². The summed E-state index contributed by atoms with van der Waals surface area (Å²) in [7, 11) is 5.49. The van der Waals surface area contributed by atoms with Crippen LogP contribution in [0, 0.1) is 0 Å². The highest BCUT2D eigenvalue weighted by atomic mass is 16.6. The number of carboxylic acid groups (broad SMARTS) is 1. The molecule has 2 atom stereocenters. The second kappa shape index (κ2) is 42.4. The Morgan fingerprint density at radius 3 is 1.38 bits per heavy atom. The van der Waals surface area contributed by atoms with Crippen molar-refractivity contribution in [2.75, 3.05) is 41.0 Å². The zero-order valence-corrected chi connectivity index (χ0v) is 38.8. The molecule has 8 nitrogen and oxygen atoms in total. The minimum atomic E-state index is -0.892. The van der Waals surface area contributed by atoms with E-state index in [0.29, 0.717) is 12.8 Å². The van der Waals surface area contributed by atoms with E-state index in [1.807, 2.05) is 94.1 Å². The molecule has 2 unspecified atom stereocenters. The maximum atomic E-state index is 12.8. The fourth-order valence-electron chi connectivity index (χ4n) is 6.02. The molecule has 1 N–H and O–H groups in total. The van der Waals surface area contributed by atoms with Crippen LogP contribution < -0.4 is 0 Å². The normalized spacial score (nSPS) is 14.0. The molecular weight excluding hydrogens is 763 g/mol. The molecular formula is C53H84NO7+. The van der Waals surface area contributed by atoms with Gasteiger partial charge in [-0.25, -0.2) is 4.79 Å². The van der Waals surface area contributed by atoms with Gasteiger partial charge in [0.2, 0.25) is 0 Å². The van der Waals surface area contributed by atoms with Crippen molar-refractivity contribution in [1.29, 1.82) is 0 Å². The van der Waals surface area contributed by atoms with E-state index in [1.54, 1.807) is 0 Å². The molecule has 0 spiro atoms. The molecule has 0 aliphatic heterocycles. The van der Waals surface area contributed by atoms with Crippen molar-refractivity contribution in [3.63, 3.8) is 0 Å².